The Kier molecular flexibility index (Phi) is 4.10. The molecule has 20 heavy (non-hydrogen) atoms. The van der Waals surface area contributed by atoms with Crippen molar-refractivity contribution in [1.82, 2.24) is 9.88 Å². The van der Waals surface area contributed by atoms with Gasteiger partial charge in [-0.15, -0.1) is 0 Å². The molecule has 106 valence electrons. The molecule has 1 saturated heterocycles. The highest BCUT2D eigenvalue weighted by molar-refractivity contribution is 5.78. The van der Waals surface area contributed by atoms with Crippen molar-refractivity contribution in [3.8, 4) is 0 Å². The number of H-pyrrole nitrogens is 1. The van der Waals surface area contributed by atoms with Gasteiger partial charge in [0.15, 0.2) is 0 Å². The van der Waals surface area contributed by atoms with E-state index in [9.17, 15) is 9.59 Å². The molecular formula is C13H17N5O2. The Bertz CT molecular complexity index is 630. The molecule has 1 aromatic rings. The summed E-state index contributed by atoms with van der Waals surface area (Å²) in [4.78, 5) is 31.0. The standard InChI is InChI=1S/C13H17N5O2/c1-8-3-9(2)16-13(20)11(8)7-18-6-10(4-12(18)19)5-15-17-14/h3,10H,4-7H2,1-2H3,(H,16,20). The average Bonchev–Trinajstić information content (AvgIpc) is 2.72. The molecule has 0 radical (unpaired) electrons. The number of likely N-dealkylation sites (tertiary alicyclic amines) is 1. The van der Waals surface area contributed by atoms with E-state index in [4.69, 9.17) is 5.53 Å². The molecule has 1 unspecified atom stereocenters. The van der Waals surface area contributed by atoms with Crippen LogP contribution in [0.3, 0.4) is 0 Å². The van der Waals surface area contributed by atoms with Crippen LogP contribution in [0.25, 0.3) is 10.4 Å². The normalized spacial score (nSPS) is 18.2. The van der Waals surface area contributed by atoms with Crippen molar-refractivity contribution in [2.24, 2.45) is 11.0 Å². The van der Waals surface area contributed by atoms with E-state index < -0.39 is 0 Å². The molecule has 0 spiro atoms. The predicted molar refractivity (Wildman–Crippen MR) is 74.1 cm³/mol. The SMILES string of the molecule is Cc1cc(C)c(CN2CC(CN=[N+]=[N-])CC2=O)c(=O)[nH]1. The van der Waals surface area contributed by atoms with Crippen LogP contribution in [-0.4, -0.2) is 28.9 Å². The number of pyridine rings is 1. The molecule has 7 heteroatoms. The number of aryl methyl sites for hydroxylation is 2. The molecule has 1 amide bonds. The molecule has 1 fully saturated rings. The summed E-state index contributed by atoms with van der Waals surface area (Å²) in [5, 5.41) is 3.51. The average molecular weight is 275 g/mol. The van der Waals surface area contributed by atoms with Crippen LogP contribution in [0, 0.1) is 19.8 Å². The van der Waals surface area contributed by atoms with Crippen molar-refractivity contribution in [1.29, 1.82) is 0 Å². The maximum Gasteiger partial charge on any atom is 0.253 e. The van der Waals surface area contributed by atoms with Crippen molar-refractivity contribution in [2.45, 2.75) is 26.8 Å². The fourth-order valence-corrected chi connectivity index (χ4v) is 2.55. The predicted octanol–water partition coefficient (Wildman–Crippen LogP) is 1.65. The van der Waals surface area contributed by atoms with Gasteiger partial charge >= 0.3 is 0 Å². The monoisotopic (exact) mass is 275 g/mol. The fourth-order valence-electron chi connectivity index (χ4n) is 2.55. The second-order valence-corrected chi connectivity index (χ2v) is 5.20. The summed E-state index contributed by atoms with van der Waals surface area (Å²) in [6.45, 7) is 4.87. The molecule has 1 N–H and O–H groups in total. The van der Waals surface area contributed by atoms with E-state index >= 15 is 0 Å². The molecule has 7 nitrogen and oxygen atoms in total. The molecule has 1 atom stereocenters. The Labute approximate surface area is 116 Å². The van der Waals surface area contributed by atoms with Crippen molar-refractivity contribution < 1.29 is 4.79 Å². The van der Waals surface area contributed by atoms with Crippen LogP contribution >= 0.6 is 0 Å². The lowest BCUT2D eigenvalue weighted by molar-refractivity contribution is -0.128. The lowest BCUT2D eigenvalue weighted by atomic mass is 10.1. The number of carbonyl (C=O) groups excluding carboxylic acids is 1. The van der Waals surface area contributed by atoms with Gasteiger partial charge in [0.05, 0.1) is 6.54 Å². The molecule has 1 aromatic heterocycles. The van der Waals surface area contributed by atoms with Crippen LogP contribution in [0.1, 0.15) is 23.2 Å². The Morgan fingerprint density at radius 2 is 2.25 bits per heavy atom. The summed E-state index contributed by atoms with van der Waals surface area (Å²) in [5.41, 5.74) is 10.5. The molecule has 0 aromatic carbocycles. The highest BCUT2D eigenvalue weighted by Crippen LogP contribution is 2.20. The summed E-state index contributed by atoms with van der Waals surface area (Å²) in [6, 6.07) is 1.90. The lowest BCUT2D eigenvalue weighted by Crippen LogP contribution is -2.29. The molecule has 0 bridgehead atoms. The summed E-state index contributed by atoms with van der Waals surface area (Å²) in [6.07, 6.45) is 0.377. The third-order valence-corrected chi connectivity index (χ3v) is 3.54. The van der Waals surface area contributed by atoms with Crippen LogP contribution in [0.4, 0.5) is 0 Å². The molecule has 1 aliphatic heterocycles. The maximum absolute atomic E-state index is 11.9. The number of nitrogens with zero attached hydrogens (tertiary/aromatic N) is 4. The second-order valence-electron chi connectivity index (χ2n) is 5.20. The molecule has 1 aliphatic rings. The van der Waals surface area contributed by atoms with E-state index in [-0.39, 0.29) is 17.4 Å². The Hall–Kier alpha value is -2.27. The van der Waals surface area contributed by atoms with Gasteiger partial charge in [0, 0.05) is 35.7 Å². The van der Waals surface area contributed by atoms with Crippen LogP contribution < -0.4 is 5.56 Å². The first kappa shape index (κ1) is 14.1. The van der Waals surface area contributed by atoms with E-state index in [1.54, 1.807) is 4.90 Å². The first-order chi connectivity index (χ1) is 9.51. The molecule has 2 heterocycles. The van der Waals surface area contributed by atoms with Gasteiger partial charge in [-0.1, -0.05) is 5.11 Å². The zero-order chi connectivity index (χ0) is 14.7. The minimum absolute atomic E-state index is 0.00233. The van der Waals surface area contributed by atoms with Gasteiger partial charge < -0.3 is 9.88 Å². The summed E-state index contributed by atoms with van der Waals surface area (Å²) >= 11 is 0. The maximum atomic E-state index is 11.9. The lowest BCUT2D eigenvalue weighted by Gasteiger charge is -2.17. The molecule has 0 saturated carbocycles. The van der Waals surface area contributed by atoms with Gasteiger partial charge in [0.1, 0.15) is 0 Å². The van der Waals surface area contributed by atoms with E-state index in [1.807, 2.05) is 19.9 Å². The van der Waals surface area contributed by atoms with E-state index in [0.29, 0.717) is 31.6 Å². The van der Waals surface area contributed by atoms with Crippen LogP contribution in [-0.2, 0) is 11.3 Å². The third-order valence-electron chi connectivity index (χ3n) is 3.54. The van der Waals surface area contributed by atoms with Crippen LogP contribution in [0.2, 0.25) is 0 Å². The van der Waals surface area contributed by atoms with Gasteiger partial charge in [0.25, 0.3) is 5.56 Å². The van der Waals surface area contributed by atoms with Crippen LogP contribution in [0.5, 0.6) is 0 Å². The highest BCUT2D eigenvalue weighted by atomic mass is 16.2. The summed E-state index contributed by atoms with van der Waals surface area (Å²) in [5.74, 6) is 0.0470. The van der Waals surface area contributed by atoms with E-state index in [2.05, 4.69) is 15.0 Å². The quantitative estimate of drug-likeness (QED) is 0.513. The number of hydrogen-bond donors (Lipinski definition) is 1. The number of azide groups is 1. The van der Waals surface area contributed by atoms with Crippen LogP contribution in [0.15, 0.2) is 16.0 Å². The summed E-state index contributed by atoms with van der Waals surface area (Å²) < 4.78 is 0. The molecule has 2 rings (SSSR count). The Balaban J connectivity index is 2.13. The molecule has 0 aliphatic carbocycles. The zero-order valence-electron chi connectivity index (χ0n) is 11.6. The van der Waals surface area contributed by atoms with Gasteiger partial charge in [0.2, 0.25) is 5.91 Å². The number of carbonyl (C=O) groups is 1. The largest absolute Gasteiger partial charge is 0.338 e. The van der Waals surface area contributed by atoms with Crippen molar-refractivity contribution in [3.05, 3.63) is 43.7 Å². The highest BCUT2D eigenvalue weighted by Gasteiger charge is 2.29. The van der Waals surface area contributed by atoms with Gasteiger partial charge in [-0.3, -0.25) is 9.59 Å². The van der Waals surface area contributed by atoms with E-state index in [0.717, 1.165) is 11.3 Å². The number of aromatic nitrogens is 1. The number of rotatable bonds is 4. The zero-order valence-corrected chi connectivity index (χ0v) is 11.6. The Morgan fingerprint density at radius 1 is 1.50 bits per heavy atom. The van der Waals surface area contributed by atoms with Gasteiger partial charge in [-0.05, 0) is 36.9 Å². The fraction of sp³-hybridized carbons (Fsp3) is 0.538. The molecular weight excluding hydrogens is 258 g/mol. The second kappa shape index (κ2) is 5.79. The smallest absolute Gasteiger partial charge is 0.253 e. The topological polar surface area (TPSA) is 102 Å². The number of nitrogens with one attached hydrogen (secondary N) is 1. The van der Waals surface area contributed by atoms with Gasteiger partial charge in [-0.2, -0.15) is 0 Å². The van der Waals surface area contributed by atoms with E-state index in [1.165, 1.54) is 0 Å². The van der Waals surface area contributed by atoms with Gasteiger partial charge in [-0.25, -0.2) is 0 Å². The number of hydrogen-bond acceptors (Lipinski definition) is 3. The minimum atomic E-state index is -0.145. The van der Waals surface area contributed by atoms with Crippen molar-refractivity contribution in [2.75, 3.05) is 13.1 Å². The van der Waals surface area contributed by atoms with Crippen molar-refractivity contribution >= 4 is 5.91 Å². The first-order valence-corrected chi connectivity index (χ1v) is 6.49. The third kappa shape index (κ3) is 3.00. The van der Waals surface area contributed by atoms with Crippen molar-refractivity contribution in [3.63, 3.8) is 0 Å². The first-order valence-electron chi connectivity index (χ1n) is 6.49. The number of amides is 1. The number of aromatic amines is 1. The summed E-state index contributed by atoms with van der Waals surface area (Å²) in [7, 11) is 0. The Morgan fingerprint density at radius 3 is 2.90 bits per heavy atom. The minimum Gasteiger partial charge on any atom is -0.338 e.